The Labute approximate surface area is 89.9 Å². The van der Waals surface area contributed by atoms with Crippen molar-refractivity contribution in [3.8, 4) is 0 Å². The molecule has 1 aromatic rings. The number of benzene rings is 1. The molecule has 1 saturated carbocycles. The third-order valence-corrected chi connectivity index (χ3v) is 3.23. The zero-order valence-electron chi connectivity index (χ0n) is 9.04. The molecule has 0 amide bonds. The summed E-state index contributed by atoms with van der Waals surface area (Å²) in [5.74, 6) is 0.390. The summed E-state index contributed by atoms with van der Waals surface area (Å²) in [6, 6.07) is 4.79. The first-order chi connectivity index (χ1) is 7.15. The van der Waals surface area contributed by atoms with Gasteiger partial charge >= 0.3 is 0 Å². The highest BCUT2D eigenvalue weighted by atomic mass is 19.1. The van der Waals surface area contributed by atoms with Crippen molar-refractivity contribution in [1.29, 1.82) is 0 Å². The van der Waals surface area contributed by atoms with Crippen LogP contribution in [-0.2, 0) is 0 Å². The summed E-state index contributed by atoms with van der Waals surface area (Å²) in [6.45, 7) is 1.85. The van der Waals surface area contributed by atoms with E-state index in [1.165, 1.54) is 31.4 Å². The van der Waals surface area contributed by atoms with Crippen LogP contribution in [0.25, 0.3) is 0 Å². The number of aliphatic hydroxyl groups excluding tert-OH is 1. The molecule has 0 saturated heterocycles. The topological polar surface area (TPSA) is 20.2 Å². The molecule has 0 spiro atoms. The Morgan fingerprint density at radius 2 is 2.13 bits per heavy atom. The maximum absolute atomic E-state index is 13.1. The van der Waals surface area contributed by atoms with Crippen molar-refractivity contribution in [2.45, 2.75) is 38.7 Å². The molecule has 0 radical (unpaired) electrons. The Balaban J connectivity index is 2.06. The Hall–Kier alpha value is -0.890. The molecule has 1 atom stereocenters. The van der Waals surface area contributed by atoms with Crippen LogP contribution in [0.4, 0.5) is 4.39 Å². The minimum absolute atomic E-state index is 0.252. The normalized spacial score (nSPS) is 18.6. The third kappa shape index (κ3) is 2.57. The number of aryl methyl sites for hydroxylation is 1. The van der Waals surface area contributed by atoms with Crippen molar-refractivity contribution in [2.24, 2.45) is 5.92 Å². The highest BCUT2D eigenvalue weighted by Gasteiger charge is 2.22. The molecule has 0 heterocycles. The van der Waals surface area contributed by atoms with E-state index < -0.39 is 6.10 Å². The first-order valence-corrected chi connectivity index (χ1v) is 5.60. The van der Waals surface area contributed by atoms with Crippen LogP contribution in [0.1, 0.15) is 42.9 Å². The van der Waals surface area contributed by atoms with Gasteiger partial charge in [0.25, 0.3) is 0 Å². The van der Waals surface area contributed by atoms with Crippen LogP contribution in [0.5, 0.6) is 0 Å². The summed E-state index contributed by atoms with van der Waals surface area (Å²) in [5, 5.41) is 9.94. The average Bonchev–Trinajstić information content (AvgIpc) is 2.09. The summed E-state index contributed by atoms with van der Waals surface area (Å²) in [6.07, 6.45) is 3.99. The second-order valence-electron chi connectivity index (χ2n) is 4.61. The molecule has 1 aromatic carbocycles. The molecule has 2 rings (SSSR count). The first-order valence-electron chi connectivity index (χ1n) is 5.60. The van der Waals surface area contributed by atoms with E-state index in [9.17, 15) is 9.50 Å². The van der Waals surface area contributed by atoms with Gasteiger partial charge in [-0.25, -0.2) is 4.39 Å². The molecule has 1 aliphatic carbocycles. The predicted octanol–water partition coefficient (Wildman–Crippen LogP) is 3.36. The molecule has 0 bridgehead atoms. The smallest absolute Gasteiger partial charge is 0.123 e. The zero-order chi connectivity index (χ0) is 10.8. The van der Waals surface area contributed by atoms with Gasteiger partial charge in [-0.05, 0) is 42.5 Å². The van der Waals surface area contributed by atoms with Gasteiger partial charge in [0.05, 0.1) is 6.10 Å². The van der Waals surface area contributed by atoms with Crippen molar-refractivity contribution in [2.75, 3.05) is 0 Å². The van der Waals surface area contributed by atoms with E-state index in [1.54, 1.807) is 0 Å². The van der Waals surface area contributed by atoms with Crippen LogP contribution >= 0.6 is 0 Å². The van der Waals surface area contributed by atoms with E-state index in [0.717, 1.165) is 17.5 Å². The zero-order valence-corrected chi connectivity index (χ0v) is 9.04. The van der Waals surface area contributed by atoms with E-state index in [0.29, 0.717) is 5.92 Å². The standard InChI is InChI=1S/C13H17FO/c1-9-5-11(8-12(14)6-9)13(15)7-10-3-2-4-10/h5-6,8,10,13,15H,2-4,7H2,1H3. The molecule has 1 N–H and O–H groups in total. The SMILES string of the molecule is Cc1cc(F)cc(C(O)CC2CCC2)c1. The van der Waals surface area contributed by atoms with Gasteiger partial charge in [-0.1, -0.05) is 25.3 Å². The van der Waals surface area contributed by atoms with Crippen LogP contribution in [0.15, 0.2) is 18.2 Å². The summed E-state index contributed by atoms with van der Waals surface area (Å²) in [7, 11) is 0. The van der Waals surface area contributed by atoms with Gasteiger partial charge in [0.15, 0.2) is 0 Å². The lowest BCUT2D eigenvalue weighted by Crippen LogP contribution is -2.15. The summed E-state index contributed by atoms with van der Waals surface area (Å²) in [4.78, 5) is 0. The summed E-state index contributed by atoms with van der Waals surface area (Å²) in [5.41, 5.74) is 1.59. The second-order valence-corrected chi connectivity index (χ2v) is 4.61. The van der Waals surface area contributed by atoms with Crippen LogP contribution in [0.2, 0.25) is 0 Å². The van der Waals surface area contributed by atoms with E-state index in [4.69, 9.17) is 0 Å². The second kappa shape index (κ2) is 4.31. The first kappa shape index (κ1) is 10.6. The van der Waals surface area contributed by atoms with Crippen molar-refractivity contribution in [3.63, 3.8) is 0 Å². The molecule has 0 aliphatic heterocycles. The Morgan fingerprint density at radius 3 is 2.67 bits per heavy atom. The van der Waals surface area contributed by atoms with Crippen molar-refractivity contribution >= 4 is 0 Å². The molecule has 2 heteroatoms. The van der Waals surface area contributed by atoms with Gasteiger partial charge in [-0.3, -0.25) is 0 Å². The molecule has 1 fully saturated rings. The third-order valence-electron chi connectivity index (χ3n) is 3.23. The quantitative estimate of drug-likeness (QED) is 0.807. The Bertz CT molecular complexity index is 324. The van der Waals surface area contributed by atoms with E-state index in [2.05, 4.69) is 0 Å². The van der Waals surface area contributed by atoms with Gasteiger partial charge in [0.1, 0.15) is 5.82 Å². The number of aliphatic hydroxyl groups is 1. The van der Waals surface area contributed by atoms with Gasteiger partial charge < -0.3 is 5.11 Å². The molecule has 0 aromatic heterocycles. The van der Waals surface area contributed by atoms with Crippen molar-refractivity contribution in [3.05, 3.63) is 35.1 Å². The van der Waals surface area contributed by atoms with Crippen molar-refractivity contribution in [1.82, 2.24) is 0 Å². The Morgan fingerprint density at radius 1 is 1.40 bits per heavy atom. The lowest BCUT2D eigenvalue weighted by Gasteiger charge is -2.27. The average molecular weight is 208 g/mol. The predicted molar refractivity (Wildman–Crippen MR) is 58.1 cm³/mol. The minimum Gasteiger partial charge on any atom is -0.388 e. The fourth-order valence-electron chi connectivity index (χ4n) is 2.14. The maximum atomic E-state index is 13.1. The van der Waals surface area contributed by atoms with Crippen LogP contribution in [0, 0.1) is 18.7 Å². The van der Waals surface area contributed by atoms with E-state index in [-0.39, 0.29) is 5.82 Å². The number of hydrogen-bond donors (Lipinski definition) is 1. The maximum Gasteiger partial charge on any atom is 0.123 e. The molecular weight excluding hydrogens is 191 g/mol. The molecule has 1 aliphatic rings. The molecule has 1 unspecified atom stereocenters. The van der Waals surface area contributed by atoms with Gasteiger partial charge in [0, 0.05) is 0 Å². The van der Waals surface area contributed by atoms with Crippen LogP contribution in [0.3, 0.4) is 0 Å². The number of hydrogen-bond acceptors (Lipinski definition) is 1. The largest absolute Gasteiger partial charge is 0.388 e. The van der Waals surface area contributed by atoms with Gasteiger partial charge in [-0.2, -0.15) is 0 Å². The van der Waals surface area contributed by atoms with Crippen LogP contribution < -0.4 is 0 Å². The minimum atomic E-state index is -0.496. The fourth-order valence-corrected chi connectivity index (χ4v) is 2.14. The molecule has 82 valence electrons. The monoisotopic (exact) mass is 208 g/mol. The number of rotatable bonds is 3. The van der Waals surface area contributed by atoms with E-state index >= 15 is 0 Å². The summed E-state index contributed by atoms with van der Waals surface area (Å²) >= 11 is 0. The highest BCUT2D eigenvalue weighted by molar-refractivity contribution is 5.25. The summed E-state index contributed by atoms with van der Waals surface area (Å²) < 4.78 is 13.1. The van der Waals surface area contributed by atoms with Crippen molar-refractivity contribution < 1.29 is 9.50 Å². The molecular formula is C13H17FO. The Kier molecular flexibility index (Phi) is 3.06. The lowest BCUT2D eigenvalue weighted by molar-refractivity contribution is 0.118. The lowest BCUT2D eigenvalue weighted by atomic mass is 9.80. The molecule has 1 nitrogen and oxygen atoms in total. The van der Waals surface area contributed by atoms with Gasteiger partial charge in [-0.15, -0.1) is 0 Å². The molecule has 15 heavy (non-hydrogen) atoms. The number of halogens is 1. The van der Waals surface area contributed by atoms with E-state index in [1.807, 2.05) is 13.0 Å². The highest BCUT2D eigenvalue weighted by Crippen LogP contribution is 2.34. The fraction of sp³-hybridized carbons (Fsp3) is 0.538. The van der Waals surface area contributed by atoms with Crippen LogP contribution in [-0.4, -0.2) is 5.11 Å². The van der Waals surface area contributed by atoms with Gasteiger partial charge in [0.2, 0.25) is 0 Å².